The van der Waals surface area contributed by atoms with Gasteiger partial charge in [0.1, 0.15) is 5.75 Å². The molecule has 1 saturated carbocycles. The minimum Gasteiger partial charge on any atom is -0.439 e. The smallest absolute Gasteiger partial charge is 0.219 e. The zero-order chi connectivity index (χ0) is 22.6. The van der Waals surface area contributed by atoms with Crippen molar-refractivity contribution in [2.24, 2.45) is 5.92 Å². The fourth-order valence-corrected chi connectivity index (χ4v) is 4.59. The second kappa shape index (κ2) is 9.53. The summed E-state index contributed by atoms with van der Waals surface area (Å²) in [5, 5.41) is 0. The van der Waals surface area contributed by atoms with Crippen LogP contribution in [0.15, 0.2) is 66.5 Å². The highest BCUT2D eigenvalue weighted by Crippen LogP contribution is 2.33. The van der Waals surface area contributed by atoms with Crippen LogP contribution in [0.25, 0.3) is 12.2 Å². The first-order valence-electron chi connectivity index (χ1n) is 11.7. The number of nitrogens with zero attached hydrogens (tertiary/aromatic N) is 2. The summed E-state index contributed by atoms with van der Waals surface area (Å²) in [6.45, 7) is 2.01. The summed E-state index contributed by atoms with van der Waals surface area (Å²) in [5.74, 6) is 2.06. The lowest BCUT2D eigenvalue weighted by molar-refractivity contribution is 0.0953. The lowest BCUT2D eigenvalue weighted by Crippen LogP contribution is -2.14. The van der Waals surface area contributed by atoms with Gasteiger partial charge in [0.05, 0.1) is 5.69 Å². The van der Waals surface area contributed by atoms with Gasteiger partial charge in [0.2, 0.25) is 5.88 Å². The highest BCUT2D eigenvalue weighted by atomic mass is 16.5. The van der Waals surface area contributed by atoms with Gasteiger partial charge in [-0.25, -0.2) is 4.98 Å². The Morgan fingerprint density at radius 1 is 1.09 bits per heavy atom. The van der Waals surface area contributed by atoms with E-state index >= 15 is 0 Å². The van der Waals surface area contributed by atoms with Crippen molar-refractivity contribution in [3.63, 3.8) is 0 Å². The molecule has 2 aliphatic carbocycles. The lowest BCUT2D eigenvalue weighted by Gasteiger charge is -2.23. The fourth-order valence-electron chi connectivity index (χ4n) is 4.59. The summed E-state index contributed by atoms with van der Waals surface area (Å²) in [6.07, 6.45) is 15.7. The summed E-state index contributed by atoms with van der Waals surface area (Å²) < 4.78 is 5.91. The number of carbonyl (C=O) groups excluding carboxylic acids is 1. The maximum absolute atomic E-state index is 12.8. The van der Waals surface area contributed by atoms with E-state index in [9.17, 15) is 4.79 Å². The van der Waals surface area contributed by atoms with Gasteiger partial charge >= 0.3 is 0 Å². The van der Waals surface area contributed by atoms with E-state index < -0.39 is 0 Å². The molecule has 0 N–H and O–H groups in total. The van der Waals surface area contributed by atoms with Crippen LogP contribution in [0.2, 0.25) is 0 Å². The second-order valence-corrected chi connectivity index (χ2v) is 9.09. The Kier molecular flexibility index (Phi) is 6.16. The van der Waals surface area contributed by atoms with Crippen LogP contribution in [0.3, 0.4) is 0 Å². The topological polar surface area (TPSA) is 52.1 Å². The molecule has 1 fully saturated rings. The third-order valence-electron chi connectivity index (χ3n) is 6.49. The average Bonchev–Trinajstić information content (AvgIpc) is 3.30. The predicted octanol–water partition coefficient (Wildman–Crippen LogP) is 6.99. The van der Waals surface area contributed by atoms with Crippen LogP contribution in [-0.4, -0.2) is 15.8 Å². The molecule has 0 bridgehead atoms. The first kappa shape index (κ1) is 21.3. The molecule has 0 atom stereocenters. The van der Waals surface area contributed by atoms with Crippen LogP contribution < -0.4 is 4.74 Å². The van der Waals surface area contributed by atoms with Crippen LogP contribution in [0, 0.1) is 12.8 Å². The van der Waals surface area contributed by atoms with Gasteiger partial charge in [-0.1, -0.05) is 42.0 Å². The highest BCUT2D eigenvalue weighted by Gasteiger charge is 2.21. The summed E-state index contributed by atoms with van der Waals surface area (Å²) >= 11 is 0. The Morgan fingerprint density at radius 3 is 2.79 bits per heavy atom. The number of benzene rings is 1. The number of ether oxygens (including phenoxy) is 1. The quantitative estimate of drug-likeness (QED) is 0.391. The summed E-state index contributed by atoms with van der Waals surface area (Å²) in [7, 11) is 0. The van der Waals surface area contributed by atoms with Crippen LogP contribution >= 0.6 is 0 Å². The molecular weight excluding hydrogens is 408 g/mol. The number of fused-ring (bicyclic) bond motifs is 1. The summed E-state index contributed by atoms with van der Waals surface area (Å²) in [6, 6.07) is 14.0. The first-order chi connectivity index (χ1) is 16.1. The van der Waals surface area contributed by atoms with Gasteiger partial charge in [-0.15, -0.1) is 0 Å². The molecule has 0 saturated heterocycles. The van der Waals surface area contributed by atoms with Crippen molar-refractivity contribution in [3.05, 3.63) is 94.5 Å². The van der Waals surface area contributed by atoms with Crippen molar-refractivity contribution >= 4 is 17.9 Å². The molecule has 166 valence electrons. The molecule has 2 aromatic heterocycles. The first-order valence-corrected chi connectivity index (χ1v) is 11.7. The van der Waals surface area contributed by atoms with Gasteiger partial charge in [0, 0.05) is 36.9 Å². The number of hydrogen-bond acceptors (Lipinski definition) is 4. The van der Waals surface area contributed by atoms with Gasteiger partial charge in [-0.05, 0) is 73.4 Å². The molecular formula is C29H28N2O2. The second-order valence-electron chi connectivity index (χ2n) is 9.09. The SMILES string of the molecule is Cc1ccc(Oc2cccc(C=C3CCC(CC(=O)c4cnc5c(c4)C=CC5)CC3)c2)nc1. The van der Waals surface area contributed by atoms with Gasteiger partial charge in [0.15, 0.2) is 5.78 Å². The summed E-state index contributed by atoms with van der Waals surface area (Å²) in [5.41, 5.74) is 6.61. The number of rotatable bonds is 6. The summed E-state index contributed by atoms with van der Waals surface area (Å²) in [4.78, 5) is 21.6. The molecule has 4 nitrogen and oxygen atoms in total. The molecule has 33 heavy (non-hydrogen) atoms. The number of ketones is 1. The zero-order valence-corrected chi connectivity index (χ0v) is 19.0. The van der Waals surface area contributed by atoms with E-state index in [-0.39, 0.29) is 5.78 Å². The Hall–Kier alpha value is -3.53. The van der Waals surface area contributed by atoms with Crippen molar-refractivity contribution in [2.45, 2.75) is 45.4 Å². The molecule has 2 heterocycles. The maximum Gasteiger partial charge on any atom is 0.219 e. The number of carbonyl (C=O) groups is 1. The predicted molar refractivity (Wildman–Crippen MR) is 131 cm³/mol. The minimum atomic E-state index is 0.220. The van der Waals surface area contributed by atoms with E-state index in [1.165, 1.54) is 5.57 Å². The fraction of sp³-hybridized carbons (Fsp3) is 0.276. The van der Waals surface area contributed by atoms with Gasteiger partial charge < -0.3 is 4.74 Å². The van der Waals surface area contributed by atoms with Crippen molar-refractivity contribution in [2.75, 3.05) is 0 Å². The van der Waals surface area contributed by atoms with E-state index in [2.05, 4.69) is 40.3 Å². The van der Waals surface area contributed by atoms with Gasteiger partial charge in [-0.2, -0.15) is 0 Å². The maximum atomic E-state index is 12.8. The van der Waals surface area contributed by atoms with Gasteiger partial charge in [-0.3, -0.25) is 9.78 Å². The number of pyridine rings is 2. The van der Waals surface area contributed by atoms with E-state index in [1.54, 1.807) is 6.20 Å². The standard InChI is InChI=1S/C29H28N2O2/c1-20-8-13-29(31-18-20)33-26-6-2-4-23(15-26)14-21-9-11-22(12-10-21)16-28(32)25-17-24-5-3-7-27(24)30-19-25/h2-6,8,13-15,17-19,22H,7,9-12,16H2,1H3. The monoisotopic (exact) mass is 436 g/mol. The number of aromatic nitrogens is 2. The van der Waals surface area contributed by atoms with E-state index in [0.717, 1.165) is 65.8 Å². The van der Waals surface area contributed by atoms with E-state index in [0.29, 0.717) is 18.2 Å². The minimum absolute atomic E-state index is 0.220. The van der Waals surface area contributed by atoms with Crippen molar-refractivity contribution in [1.29, 1.82) is 0 Å². The average molecular weight is 437 g/mol. The third-order valence-corrected chi connectivity index (χ3v) is 6.49. The number of allylic oxidation sites excluding steroid dienone is 2. The largest absolute Gasteiger partial charge is 0.439 e. The molecule has 5 rings (SSSR count). The Bertz CT molecular complexity index is 1210. The molecule has 0 spiro atoms. The van der Waals surface area contributed by atoms with Crippen LogP contribution in [0.4, 0.5) is 0 Å². The van der Waals surface area contributed by atoms with Crippen molar-refractivity contribution in [1.82, 2.24) is 9.97 Å². The van der Waals surface area contributed by atoms with Crippen LogP contribution in [0.1, 0.15) is 64.8 Å². The van der Waals surface area contributed by atoms with Crippen molar-refractivity contribution in [3.8, 4) is 11.6 Å². The Labute approximate surface area is 195 Å². The lowest BCUT2D eigenvalue weighted by atomic mass is 9.81. The van der Waals surface area contributed by atoms with E-state index in [4.69, 9.17) is 4.74 Å². The van der Waals surface area contributed by atoms with Crippen LogP contribution in [-0.2, 0) is 6.42 Å². The Morgan fingerprint density at radius 2 is 1.97 bits per heavy atom. The number of hydrogen-bond donors (Lipinski definition) is 0. The third kappa shape index (κ3) is 5.28. The molecule has 0 radical (unpaired) electrons. The number of Topliss-reactive ketones (excluding diaryl/α,β-unsaturated/α-hetero) is 1. The number of aryl methyl sites for hydroxylation is 1. The highest BCUT2D eigenvalue weighted by molar-refractivity contribution is 5.96. The van der Waals surface area contributed by atoms with Crippen LogP contribution in [0.5, 0.6) is 11.6 Å². The Balaban J connectivity index is 1.17. The zero-order valence-electron chi connectivity index (χ0n) is 19.0. The van der Waals surface area contributed by atoms with Crippen molar-refractivity contribution < 1.29 is 9.53 Å². The molecule has 0 aliphatic heterocycles. The molecule has 0 unspecified atom stereocenters. The van der Waals surface area contributed by atoms with E-state index in [1.807, 2.05) is 43.5 Å². The molecule has 3 aromatic rings. The normalized spacial score (nSPS) is 17.0. The van der Waals surface area contributed by atoms with Gasteiger partial charge in [0.25, 0.3) is 0 Å². The molecule has 0 amide bonds. The molecule has 1 aromatic carbocycles. The molecule has 2 aliphatic rings. The molecule has 4 heteroatoms.